The molecule has 0 radical (unpaired) electrons. The van der Waals surface area contributed by atoms with Crippen molar-refractivity contribution in [3.63, 3.8) is 0 Å². The van der Waals surface area contributed by atoms with Gasteiger partial charge in [-0.15, -0.1) is 0 Å². The normalized spacial score (nSPS) is 14.8. The van der Waals surface area contributed by atoms with E-state index in [9.17, 15) is 14.9 Å². The van der Waals surface area contributed by atoms with Crippen molar-refractivity contribution in [1.29, 1.82) is 5.26 Å². The van der Waals surface area contributed by atoms with E-state index < -0.39 is 5.91 Å². The SMILES string of the molecule is Cc1ccc(NC(=O)/C(C#N)=C2\C(=O)N(C)c3ccc(Br)cc32)cc1. The predicted octanol–water partition coefficient (Wildman–Crippen LogP) is 3.65. The van der Waals surface area contributed by atoms with Gasteiger partial charge < -0.3 is 10.2 Å². The summed E-state index contributed by atoms with van der Waals surface area (Å²) in [5.41, 5.74) is 2.78. The Hall–Kier alpha value is -2.91. The lowest BCUT2D eigenvalue weighted by Crippen LogP contribution is -2.23. The van der Waals surface area contributed by atoms with Crippen molar-refractivity contribution in [2.45, 2.75) is 6.92 Å². The number of hydrogen-bond donors (Lipinski definition) is 1. The summed E-state index contributed by atoms with van der Waals surface area (Å²) in [7, 11) is 1.62. The zero-order valence-corrected chi connectivity index (χ0v) is 15.2. The van der Waals surface area contributed by atoms with E-state index in [-0.39, 0.29) is 17.1 Å². The van der Waals surface area contributed by atoms with Gasteiger partial charge in [0.25, 0.3) is 11.8 Å². The van der Waals surface area contributed by atoms with Crippen molar-refractivity contribution in [2.75, 3.05) is 17.3 Å². The molecule has 0 bridgehead atoms. The van der Waals surface area contributed by atoms with E-state index >= 15 is 0 Å². The second kappa shape index (κ2) is 6.54. The number of amides is 2. The molecule has 1 aliphatic rings. The molecule has 1 heterocycles. The molecule has 0 atom stereocenters. The molecule has 6 heteroatoms. The molecule has 124 valence electrons. The van der Waals surface area contributed by atoms with Crippen LogP contribution in [0.25, 0.3) is 5.57 Å². The number of nitrogens with one attached hydrogen (secondary N) is 1. The van der Waals surface area contributed by atoms with Crippen LogP contribution in [-0.4, -0.2) is 18.9 Å². The maximum absolute atomic E-state index is 12.6. The molecule has 2 aromatic carbocycles. The number of halogens is 1. The Morgan fingerprint density at radius 1 is 1.20 bits per heavy atom. The highest BCUT2D eigenvalue weighted by molar-refractivity contribution is 9.10. The number of nitrogens with zero attached hydrogens (tertiary/aromatic N) is 2. The Kier molecular flexibility index (Phi) is 4.43. The lowest BCUT2D eigenvalue weighted by molar-refractivity contribution is -0.114. The van der Waals surface area contributed by atoms with Gasteiger partial charge in [0.1, 0.15) is 11.6 Å². The largest absolute Gasteiger partial charge is 0.321 e. The molecule has 3 rings (SSSR count). The van der Waals surface area contributed by atoms with E-state index in [4.69, 9.17) is 0 Å². The van der Waals surface area contributed by atoms with Gasteiger partial charge >= 0.3 is 0 Å². The van der Waals surface area contributed by atoms with Gasteiger partial charge in [0.05, 0.1) is 11.3 Å². The molecule has 2 aromatic rings. The van der Waals surface area contributed by atoms with E-state index in [1.165, 1.54) is 4.90 Å². The summed E-state index contributed by atoms with van der Waals surface area (Å²) < 4.78 is 0.767. The Labute approximate surface area is 153 Å². The van der Waals surface area contributed by atoms with Crippen molar-refractivity contribution in [3.05, 3.63) is 63.6 Å². The number of rotatable bonds is 2. The molecule has 0 spiro atoms. The van der Waals surface area contributed by atoms with Gasteiger partial charge in [0.2, 0.25) is 0 Å². The maximum Gasteiger partial charge on any atom is 0.267 e. The molecule has 0 saturated heterocycles. The second-order valence-corrected chi connectivity index (χ2v) is 6.62. The highest BCUT2D eigenvalue weighted by atomic mass is 79.9. The molecular weight excluding hydrogens is 382 g/mol. The van der Waals surface area contributed by atoms with Gasteiger partial charge in [-0.25, -0.2) is 0 Å². The third kappa shape index (κ3) is 3.06. The number of nitriles is 1. The standard InChI is InChI=1S/C19H14BrN3O2/c1-11-3-6-13(7-4-11)22-18(24)15(10-21)17-14-9-12(20)5-8-16(14)23(2)19(17)25/h3-9H,1-2H3,(H,22,24)/b17-15-. The first kappa shape index (κ1) is 16.9. The summed E-state index contributed by atoms with van der Waals surface area (Å²) in [5.74, 6) is -0.973. The lowest BCUT2D eigenvalue weighted by atomic mass is 10.0. The lowest BCUT2D eigenvalue weighted by Gasteiger charge is -2.08. The highest BCUT2D eigenvalue weighted by Crippen LogP contribution is 2.39. The van der Waals surface area contributed by atoms with E-state index in [0.29, 0.717) is 16.9 Å². The number of aryl methyl sites for hydroxylation is 1. The summed E-state index contributed by atoms with van der Waals surface area (Å²) in [6.07, 6.45) is 0. The van der Waals surface area contributed by atoms with Gasteiger partial charge in [-0.3, -0.25) is 9.59 Å². The van der Waals surface area contributed by atoms with Crippen molar-refractivity contribution < 1.29 is 9.59 Å². The Bertz CT molecular complexity index is 956. The molecule has 1 N–H and O–H groups in total. The van der Waals surface area contributed by atoms with Crippen molar-refractivity contribution in [3.8, 4) is 6.07 Å². The summed E-state index contributed by atoms with van der Waals surface area (Å²) in [4.78, 5) is 26.6. The van der Waals surface area contributed by atoms with Crippen LogP contribution in [0.1, 0.15) is 11.1 Å². The predicted molar refractivity (Wildman–Crippen MR) is 99.9 cm³/mol. The van der Waals surface area contributed by atoms with Crippen LogP contribution in [0.2, 0.25) is 0 Å². The van der Waals surface area contributed by atoms with Crippen molar-refractivity contribution in [1.82, 2.24) is 0 Å². The van der Waals surface area contributed by atoms with Crippen LogP contribution in [0, 0.1) is 18.3 Å². The van der Waals surface area contributed by atoms with Gasteiger partial charge in [-0.2, -0.15) is 5.26 Å². The fraction of sp³-hybridized carbons (Fsp3) is 0.105. The maximum atomic E-state index is 12.6. The quantitative estimate of drug-likeness (QED) is 0.622. The van der Waals surface area contributed by atoms with Crippen LogP contribution in [0.15, 0.2) is 52.5 Å². The number of likely N-dealkylation sites (N-methyl/N-ethyl adjacent to an activating group) is 1. The third-order valence-corrected chi connectivity index (χ3v) is 4.50. The van der Waals surface area contributed by atoms with Crippen molar-refractivity contribution >= 4 is 44.7 Å². The first-order valence-corrected chi connectivity index (χ1v) is 8.32. The number of hydrogen-bond acceptors (Lipinski definition) is 3. The monoisotopic (exact) mass is 395 g/mol. The molecule has 25 heavy (non-hydrogen) atoms. The molecule has 0 unspecified atom stereocenters. The fourth-order valence-corrected chi connectivity index (χ4v) is 3.05. The average Bonchev–Trinajstić information content (AvgIpc) is 2.82. The summed E-state index contributed by atoms with van der Waals surface area (Å²) in [5, 5.41) is 12.2. The summed E-state index contributed by atoms with van der Waals surface area (Å²) in [6, 6.07) is 14.4. The fourth-order valence-electron chi connectivity index (χ4n) is 2.69. The molecule has 5 nitrogen and oxygen atoms in total. The molecule has 0 fully saturated rings. The third-order valence-electron chi connectivity index (χ3n) is 4.01. The van der Waals surface area contributed by atoms with Crippen LogP contribution in [-0.2, 0) is 9.59 Å². The van der Waals surface area contributed by atoms with Gasteiger partial charge in [-0.05, 0) is 37.3 Å². The first-order chi connectivity index (χ1) is 11.9. The van der Waals surface area contributed by atoms with Crippen LogP contribution in [0.5, 0.6) is 0 Å². The van der Waals surface area contributed by atoms with Crippen LogP contribution in [0.3, 0.4) is 0 Å². The topological polar surface area (TPSA) is 73.2 Å². The van der Waals surface area contributed by atoms with Crippen LogP contribution < -0.4 is 10.2 Å². The van der Waals surface area contributed by atoms with Gasteiger partial charge in [0, 0.05) is 22.8 Å². The minimum Gasteiger partial charge on any atom is -0.321 e. The Morgan fingerprint density at radius 3 is 2.52 bits per heavy atom. The molecule has 2 amide bonds. The molecule has 1 aliphatic heterocycles. The first-order valence-electron chi connectivity index (χ1n) is 7.52. The van der Waals surface area contributed by atoms with Crippen LogP contribution in [0.4, 0.5) is 11.4 Å². The number of benzene rings is 2. The summed E-state index contributed by atoms with van der Waals surface area (Å²) >= 11 is 3.37. The average molecular weight is 396 g/mol. The van der Waals surface area contributed by atoms with Gasteiger partial charge in [0.15, 0.2) is 0 Å². The highest BCUT2D eigenvalue weighted by Gasteiger charge is 2.34. The van der Waals surface area contributed by atoms with E-state index in [0.717, 1.165) is 10.0 Å². The smallest absolute Gasteiger partial charge is 0.267 e. The van der Waals surface area contributed by atoms with Crippen molar-refractivity contribution in [2.24, 2.45) is 0 Å². The number of fused-ring (bicyclic) bond motifs is 1. The number of carbonyl (C=O) groups is 2. The second-order valence-electron chi connectivity index (χ2n) is 5.71. The number of carbonyl (C=O) groups excluding carboxylic acids is 2. The zero-order valence-electron chi connectivity index (χ0n) is 13.6. The molecule has 0 aliphatic carbocycles. The summed E-state index contributed by atoms with van der Waals surface area (Å²) in [6.45, 7) is 1.94. The van der Waals surface area contributed by atoms with Crippen LogP contribution >= 0.6 is 15.9 Å². The molecule has 0 aromatic heterocycles. The van der Waals surface area contributed by atoms with E-state index in [1.54, 1.807) is 31.3 Å². The minimum absolute atomic E-state index is 0.117. The zero-order chi connectivity index (χ0) is 18.1. The minimum atomic E-state index is -0.601. The Balaban J connectivity index is 2.06. The molecule has 0 saturated carbocycles. The van der Waals surface area contributed by atoms with E-state index in [2.05, 4.69) is 21.2 Å². The Morgan fingerprint density at radius 2 is 1.88 bits per heavy atom. The van der Waals surface area contributed by atoms with E-state index in [1.807, 2.05) is 31.2 Å². The van der Waals surface area contributed by atoms with Gasteiger partial charge in [-0.1, -0.05) is 33.6 Å². The molecular formula is C19H14BrN3O2. The number of anilines is 2.